The quantitative estimate of drug-likeness (QED) is 0.794. The summed E-state index contributed by atoms with van der Waals surface area (Å²) in [5.41, 5.74) is 0.00227. The maximum Gasteiger partial charge on any atom is 0.252 e. The van der Waals surface area contributed by atoms with Crippen LogP contribution in [0.4, 0.5) is 0 Å². The van der Waals surface area contributed by atoms with Crippen LogP contribution in [0, 0.1) is 5.41 Å². The number of rotatable bonds is 5. The molecule has 0 aliphatic rings. The third-order valence-corrected chi connectivity index (χ3v) is 3.15. The van der Waals surface area contributed by atoms with Crippen LogP contribution < -0.4 is 4.74 Å². The minimum atomic E-state index is -0.898. The van der Waals surface area contributed by atoms with Gasteiger partial charge >= 0.3 is 0 Å². The number of hydrogen-bond acceptors (Lipinski definition) is 5. The molecule has 1 aromatic heterocycles. The number of carbonyl (C=O) groups is 2. The highest BCUT2D eigenvalue weighted by molar-refractivity contribution is 5.94. The fraction of sp³-hybridized carbons (Fsp3) is 0.375. The summed E-state index contributed by atoms with van der Waals surface area (Å²) in [6, 6.07) is 6.66. The van der Waals surface area contributed by atoms with Gasteiger partial charge in [-0.1, -0.05) is 20.8 Å². The van der Waals surface area contributed by atoms with Gasteiger partial charge in [0.2, 0.25) is 5.78 Å². The van der Waals surface area contributed by atoms with Crippen LogP contribution in [-0.4, -0.2) is 26.3 Å². The van der Waals surface area contributed by atoms with Crippen molar-refractivity contribution < 1.29 is 14.3 Å². The van der Waals surface area contributed by atoms with Gasteiger partial charge in [0.15, 0.2) is 5.78 Å². The molecule has 0 aliphatic carbocycles. The van der Waals surface area contributed by atoms with E-state index in [1.807, 2.05) is 20.8 Å². The van der Waals surface area contributed by atoms with Gasteiger partial charge in [-0.15, -0.1) is 0 Å². The van der Waals surface area contributed by atoms with Crippen LogP contribution in [0.15, 0.2) is 36.9 Å². The van der Waals surface area contributed by atoms with Crippen LogP contribution >= 0.6 is 0 Å². The summed E-state index contributed by atoms with van der Waals surface area (Å²) < 4.78 is 7.16. The number of ether oxygens (including phenoxy) is 1. The predicted octanol–water partition coefficient (Wildman–Crippen LogP) is 2.67. The van der Waals surface area contributed by atoms with Gasteiger partial charge in [0.1, 0.15) is 18.4 Å². The van der Waals surface area contributed by atoms with Crippen molar-refractivity contribution >= 4 is 11.6 Å². The molecule has 0 saturated carbocycles. The molecule has 0 unspecified atom stereocenters. The first kappa shape index (κ1) is 15.9. The summed E-state index contributed by atoms with van der Waals surface area (Å²) in [6.07, 6.45) is 1.90. The SMILES string of the molecule is CC(=O)c1ccc(O[C@H](C(=O)C(C)(C)C)n2cncn2)cc1. The van der Waals surface area contributed by atoms with Gasteiger partial charge in [-0.3, -0.25) is 9.59 Å². The van der Waals surface area contributed by atoms with Crippen molar-refractivity contribution in [2.75, 3.05) is 0 Å². The zero-order chi connectivity index (χ0) is 16.3. The van der Waals surface area contributed by atoms with Gasteiger partial charge in [0, 0.05) is 11.0 Å². The van der Waals surface area contributed by atoms with E-state index in [1.165, 1.54) is 24.3 Å². The second-order valence-electron chi connectivity index (χ2n) is 6.04. The fourth-order valence-electron chi connectivity index (χ4n) is 1.83. The number of nitrogens with zero attached hydrogens (tertiary/aromatic N) is 3. The molecule has 1 heterocycles. The molecular formula is C16H19N3O3. The van der Waals surface area contributed by atoms with Gasteiger partial charge in [0.25, 0.3) is 6.23 Å². The van der Waals surface area contributed by atoms with Crippen molar-refractivity contribution in [2.45, 2.75) is 33.9 Å². The zero-order valence-electron chi connectivity index (χ0n) is 13.1. The Balaban J connectivity index is 2.27. The maximum atomic E-state index is 12.6. The number of carbonyl (C=O) groups excluding carboxylic acids is 2. The van der Waals surface area contributed by atoms with Crippen LogP contribution in [0.1, 0.15) is 44.3 Å². The van der Waals surface area contributed by atoms with E-state index in [0.29, 0.717) is 11.3 Å². The van der Waals surface area contributed by atoms with Crippen molar-refractivity contribution in [2.24, 2.45) is 5.41 Å². The molecule has 0 amide bonds. The minimum Gasteiger partial charge on any atom is -0.461 e. The molecule has 1 aromatic carbocycles. The Kier molecular flexibility index (Phi) is 4.40. The summed E-state index contributed by atoms with van der Waals surface area (Å²) in [4.78, 5) is 27.7. The molecule has 0 fully saturated rings. The molecule has 0 aliphatic heterocycles. The third-order valence-electron chi connectivity index (χ3n) is 3.15. The third kappa shape index (κ3) is 3.58. The fourth-order valence-corrected chi connectivity index (χ4v) is 1.83. The molecule has 0 bridgehead atoms. The van der Waals surface area contributed by atoms with E-state index in [1.54, 1.807) is 24.3 Å². The van der Waals surface area contributed by atoms with Crippen molar-refractivity contribution in [1.29, 1.82) is 0 Å². The summed E-state index contributed by atoms with van der Waals surface area (Å²) in [5.74, 6) is 0.349. The first-order valence-corrected chi connectivity index (χ1v) is 6.95. The number of ketones is 2. The average Bonchev–Trinajstić information content (AvgIpc) is 2.97. The molecule has 0 saturated heterocycles. The van der Waals surface area contributed by atoms with Crippen molar-refractivity contribution in [3.63, 3.8) is 0 Å². The lowest BCUT2D eigenvalue weighted by Crippen LogP contribution is -2.34. The van der Waals surface area contributed by atoms with E-state index < -0.39 is 11.6 Å². The van der Waals surface area contributed by atoms with Crippen molar-refractivity contribution in [3.8, 4) is 5.75 Å². The molecule has 1 atom stereocenters. The van der Waals surface area contributed by atoms with Gasteiger partial charge in [-0.2, -0.15) is 5.10 Å². The van der Waals surface area contributed by atoms with E-state index >= 15 is 0 Å². The lowest BCUT2D eigenvalue weighted by atomic mass is 9.90. The highest BCUT2D eigenvalue weighted by Crippen LogP contribution is 2.26. The standard InChI is InChI=1S/C16H19N3O3/c1-11(20)12-5-7-13(8-6-12)22-15(14(21)16(2,3)4)19-10-17-9-18-19/h5-10,15H,1-4H3/t15-/m1/s1. The lowest BCUT2D eigenvalue weighted by molar-refractivity contribution is -0.138. The van der Waals surface area contributed by atoms with E-state index in [0.717, 1.165) is 0 Å². The summed E-state index contributed by atoms with van der Waals surface area (Å²) in [5, 5.41) is 4.00. The van der Waals surface area contributed by atoms with E-state index in [2.05, 4.69) is 10.1 Å². The Morgan fingerprint density at radius 1 is 1.18 bits per heavy atom. The molecule has 0 spiro atoms. The largest absolute Gasteiger partial charge is 0.461 e. The van der Waals surface area contributed by atoms with Crippen LogP contribution in [0.5, 0.6) is 5.75 Å². The van der Waals surface area contributed by atoms with Crippen molar-refractivity contribution in [3.05, 3.63) is 42.5 Å². The molecule has 6 nitrogen and oxygen atoms in total. The summed E-state index contributed by atoms with van der Waals surface area (Å²) in [6.45, 7) is 6.96. The number of benzene rings is 1. The minimum absolute atomic E-state index is 0.0230. The molecule has 22 heavy (non-hydrogen) atoms. The Morgan fingerprint density at radius 2 is 1.82 bits per heavy atom. The Bertz CT molecular complexity index is 655. The second kappa shape index (κ2) is 6.09. The normalized spacial score (nSPS) is 12.7. The molecule has 2 rings (SSSR count). The lowest BCUT2D eigenvalue weighted by Gasteiger charge is -2.25. The molecule has 0 N–H and O–H groups in total. The molecule has 116 valence electrons. The van der Waals surface area contributed by atoms with Crippen LogP contribution in [0.25, 0.3) is 0 Å². The predicted molar refractivity (Wildman–Crippen MR) is 80.6 cm³/mol. The average molecular weight is 301 g/mol. The van der Waals surface area contributed by atoms with Crippen molar-refractivity contribution in [1.82, 2.24) is 14.8 Å². The van der Waals surface area contributed by atoms with Gasteiger partial charge in [0.05, 0.1) is 0 Å². The topological polar surface area (TPSA) is 74.1 Å². The van der Waals surface area contributed by atoms with Gasteiger partial charge < -0.3 is 4.74 Å². The second-order valence-corrected chi connectivity index (χ2v) is 6.04. The number of aromatic nitrogens is 3. The molecule has 2 aromatic rings. The maximum absolute atomic E-state index is 12.6. The Labute approximate surface area is 129 Å². The monoisotopic (exact) mass is 301 g/mol. The molecule has 0 radical (unpaired) electrons. The van der Waals surface area contributed by atoms with Gasteiger partial charge in [-0.05, 0) is 31.2 Å². The molecule has 6 heteroatoms. The Morgan fingerprint density at radius 3 is 2.27 bits per heavy atom. The number of Topliss-reactive ketones (excluding diaryl/α,β-unsaturated/α-hetero) is 2. The van der Waals surface area contributed by atoms with E-state index in [-0.39, 0.29) is 11.6 Å². The first-order valence-electron chi connectivity index (χ1n) is 6.95. The van der Waals surface area contributed by atoms with Crippen LogP contribution in [0.3, 0.4) is 0 Å². The van der Waals surface area contributed by atoms with Crippen LogP contribution in [-0.2, 0) is 4.79 Å². The Hall–Kier alpha value is -2.50. The smallest absolute Gasteiger partial charge is 0.252 e. The zero-order valence-corrected chi connectivity index (χ0v) is 13.1. The summed E-state index contributed by atoms with van der Waals surface area (Å²) in [7, 11) is 0. The highest BCUT2D eigenvalue weighted by atomic mass is 16.5. The van der Waals surface area contributed by atoms with E-state index in [9.17, 15) is 9.59 Å². The van der Waals surface area contributed by atoms with Gasteiger partial charge in [-0.25, -0.2) is 9.67 Å². The first-order chi connectivity index (χ1) is 10.3. The molecular weight excluding hydrogens is 282 g/mol. The van der Waals surface area contributed by atoms with Crippen LogP contribution in [0.2, 0.25) is 0 Å². The summed E-state index contributed by atoms with van der Waals surface area (Å²) >= 11 is 0. The highest BCUT2D eigenvalue weighted by Gasteiger charge is 2.33. The van der Waals surface area contributed by atoms with E-state index in [4.69, 9.17) is 4.74 Å². The number of hydrogen-bond donors (Lipinski definition) is 0.